The Hall–Kier alpha value is -4.00. The van der Waals surface area contributed by atoms with Gasteiger partial charge >= 0.3 is 0 Å². The van der Waals surface area contributed by atoms with Crippen LogP contribution in [-0.4, -0.2) is 51.9 Å². The van der Waals surface area contributed by atoms with Crippen molar-refractivity contribution < 1.29 is 9.59 Å². The molecule has 0 bridgehead atoms. The van der Waals surface area contributed by atoms with Gasteiger partial charge in [0, 0.05) is 86.2 Å². The fraction of sp³-hybridized carbons (Fsp3) is 0.259. The molecular formula is C27H27N5O2. The number of aryl methyl sites for hydroxylation is 1. The lowest BCUT2D eigenvalue weighted by molar-refractivity contribution is -0.117. The topological polar surface area (TPSA) is 71.3 Å². The molecule has 1 aliphatic heterocycles. The van der Waals surface area contributed by atoms with E-state index in [0.717, 1.165) is 57.6 Å². The lowest BCUT2D eigenvalue weighted by Crippen LogP contribution is -2.23. The highest BCUT2D eigenvalue weighted by atomic mass is 16.2. The summed E-state index contributed by atoms with van der Waals surface area (Å²) in [7, 11) is 5.46. The van der Waals surface area contributed by atoms with Gasteiger partial charge in [0.1, 0.15) is 5.65 Å². The minimum absolute atomic E-state index is 0.0784. The Labute approximate surface area is 198 Å². The number of carbonyl (C=O) groups excluding carboxylic acids is 2. The first kappa shape index (κ1) is 21.8. The molecule has 172 valence electrons. The first-order valence-electron chi connectivity index (χ1n) is 11.4. The van der Waals surface area contributed by atoms with Crippen molar-refractivity contribution >= 4 is 28.5 Å². The van der Waals surface area contributed by atoms with Crippen molar-refractivity contribution in [1.29, 1.82) is 0 Å². The van der Waals surface area contributed by atoms with Crippen LogP contribution in [0.1, 0.15) is 28.9 Å². The summed E-state index contributed by atoms with van der Waals surface area (Å²) in [5.41, 5.74) is 7.38. The van der Waals surface area contributed by atoms with E-state index >= 15 is 0 Å². The maximum Gasteiger partial charge on any atom is 0.254 e. The average molecular weight is 454 g/mol. The average Bonchev–Trinajstić information content (AvgIpc) is 3.39. The molecule has 1 aliphatic rings. The van der Waals surface area contributed by atoms with E-state index < -0.39 is 0 Å². The number of carbonyl (C=O) groups is 2. The molecule has 4 aromatic rings. The van der Waals surface area contributed by atoms with Gasteiger partial charge in [-0.1, -0.05) is 12.1 Å². The molecule has 7 nitrogen and oxygen atoms in total. The quantitative estimate of drug-likeness (QED) is 0.458. The molecule has 1 aromatic carbocycles. The summed E-state index contributed by atoms with van der Waals surface area (Å²) in [4.78, 5) is 37.1. The number of hydrogen-bond acceptors (Lipinski definition) is 4. The monoisotopic (exact) mass is 453 g/mol. The van der Waals surface area contributed by atoms with Gasteiger partial charge in [0.2, 0.25) is 5.91 Å². The number of pyridine rings is 2. The Morgan fingerprint density at radius 3 is 2.41 bits per heavy atom. The van der Waals surface area contributed by atoms with E-state index in [1.807, 2.05) is 59.2 Å². The summed E-state index contributed by atoms with van der Waals surface area (Å²) in [6, 6.07) is 12.1. The molecule has 0 saturated carbocycles. The third-order valence-corrected chi connectivity index (χ3v) is 6.58. The van der Waals surface area contributed by atoms with Gasteiger partial charge in [-0.3, -0.25) is 14.6 Å². The zero-order chi connectivity index (χ0) is 24.0. The summed E-state index contributed by atoms with van der Waals surface area (Å²) >= 11 is 0. The van der Waals surface area contributed by atoms with E-state index in [-0.39, 0.29) is 11.8 Å². The van der Waals surface area contributed by atoms with E-state index in [9.17, 15) is 9.59 Å². The van der Waals surface area contributed by atoms with Crippen LogP contribution in [0.4, 0.5) is 5.69 Å². The smallest absolute Gasteiger partial charge is 0.254 e. The van der Waals surface area contributed by atoms with Crippen molar-refractivity contribution in [3.8, 4) is 22.3 Å². The summed E-state index contributed by atoms with van der Waals surface area (Å²) in [6.45, 7) is 2.83. The summed E-state index contributed by atoms with van der Waals surface area (Å²) in [6.07, 6.45) is 6.86. The van der Waals surface area contributed by atoms with Crippen LogP contribution in [0.25, 0.3) is 33.3 Å². The van der Waals surface area contributed by atoms with Gasteiger partial charge in [-0.05, 0) is 43.2 Å². The zero-order valence-corrected chi connectivity index (χ0v) is 19.9. The van der Waals surface area contributed by atoms with Crippen molar-refractivity contribution in [2.45, 2.75) is 19.8 Å². The number of hydrogen-bond donors (Lipinski definition) is 0. The van der Waals surface area contributed by atoms with Crippen molar-refractivity contribution in [3.63, 3.8) is 0 Å². The summed E-state index contributed by atoms with van der Waals surface area (Å²) in [5, 5.41) is 0.926. The summed E-state index contributed by atoms with van der Waals surface area (Å²) < 4.78 is 2.04. The highest BCUT2D eigenvalue weighted by molar-refractivity contribution is 6.02. The van der Waals surface area contributed by atoms with Crippen LogP contribution in [0, 0.1) is 6.92 Å². The fourth-order valence-electron chi connectivity index (χ4n) is 4.66. The van der Waals surface area contributed by atoms with Gasteiger partial charge in [-0.15, -0.1) is 0 Å². The second-order valence-electron chi connectivity index (χ2n) is 8.97. The molecule has 2 amide bonds. The normalized spacial score (nSPS) is 13.6. The molecule has 1 saturated heterocycles. The van der Waals surface area contributed by atoms with Crippen LogP contribution >= 0.6 is 0 Å². The predicted molar refractivity (Wildman–Crippen MR) is 134 cm³/mol. The molecule has 0 atom stereocenters. The number of rotatable bonds is 4. The molecule has 1 fully saturated rings. The standard InChI is InChI=1S/C27H27N5O2/c1-17-25(23-13-21(27(34)30(2)3)16-29-26(23)31(17)4)20-12-19(14-28-15-20)18-7-9-22(10-8-18)32-11-5-6-24(32)33/h7-10,12-16H,5-6,11H2,1-4H3. The number of amides is 2. The first-order chi connectivity index (χ1) is 16.3. The largest absolute Gasteiger partial charge is 0.345 e. The minimum atomic E-state index is -0.0784. The number of nitrogens with zero attached hydrogens (tertiary/aromatic N) is 5. The van der Waals surface area contributed by atoms with E-state index in [4.69, 9.17) is 0 Å². The van der Waals surface area contributed by atoms with E-state index in [1.54, 1.807) is 25.2 Å². The molecule has 3 aromatic heterocycles. The van der Waals surface area contributed by atoms with Gasteiger partial charge in [0.25, 0.3) is 5.91 Å². The minimum Gasteiger partial charge on any atom is -0.345 e. The Morgan fingerprint density at radius 2 is 1.74 bits per heavy atom. The summed E-state index contributed by atoms with van der Waals surface area (Å²) in [5.74, 6) is 0.105. The van der Waals surface area contributed by atoms with Gasteiger partial charge in [-0.2, -0.15) is 0 Å². The van der Waals surface area contributed by atoms with Crippen LogP contribution in [-0.2, 0) is 11.8 Å². The third kappa shape index (κ3) is 3.63. The Balaban J connectivity index is 1.56. The SMILES string of the molecule is Cc1c(-c2cncc(-c3ccc(N4CCCC4=O)cc3)c2)c2cc(C(=O)N(C)C)cnc2n1C. The van der Waals surface area contributed by atoms with Crippen molar-refractivity contribution in [3.05, 3.63) is 66.2 Å². The van der Waals surface area contributed by atoms with Crippen LogP contribution in [0.2, 0.25) is 0 Å². The van der Waals surface area contributed by atoms with Gasteiger partial charge in [0.05, 0.1) is 5.56 Å². The highest BCUT2D eigenvalue weighted by Gasteiger charge is 2.22. The van der Waals surface area contributed by atoms with E-state index in [1.165, 1.54) is 0 Å². The van der Waals surface area contributed by atoms with E-state index in [2.05, 4.69) is 23.0 Å². The fourth-order valence-corrected chi connectivity index (χ4v) is 4.66. The van der Waals surface area contributed by atoms with Gasteiger partial charge in [0.15, 0.2) is 0 Å². The van der Waals surface area contributed by atoms with Crippen LogP contribution in [0.3, 0.4) is 0 Å². The molecule has 7 heteroatoms. The van der Waals surface area contributed by atoms with Crippen LogP contribution < -0.4 is 4.90 Å². The van der Waals surface area contributed by atoms with Gasteiger partial charge < -0.3 is 14.4 Å². The molecule has 0 unspecified atom stereocenters. The maximum atomic E-state index is 12.6. The lowest BCUT2D eigenvalue weighted by atomic mass is 9.99. The molecule has 5 rings (SSSR count). The number of anilines is 1. The molecule has 0 N–H and O–H groups in total. The lowest BCUT2D eigenvalue weighted by Gasteiger charge is -2.16. The van der Waals surface area contributed by atoms with Crippen molar-refractivity contribution in [1.82, 2.24) is 19.4 Å². The third-order valence-electron chi connectivity index (χ3n) is 6.58. The molecular weight excluding hydrogens is 426 g/mol. The Bertz CT molecular complexity index is 1420. The second kappa shape index (κ2) is 8.41. The van der Waals surface area contributed by atoms with Crippen molar-refractivity contribution in [2.75, 3.05) is 25.5 Å². The van der Waals surface area contributed by atoms with Gasteiger partial charge in [-0.25, -0.2) is 4.98 Å². The zero-order valence-electron chi connectivity index (χ0n) is 19.9. The number of fused-ring (bicyclic) bond motifs is 1. The van der Waals surface area contributed by atoms with E-state index in [0.29, 0.717) is 12.0 Å². The first-order valence-corrected chi connectivity index (χ1v) is 11.4. The molecule has 0 aliphatic carbocycles. The second-order valence-corrected chi connectivity index (χ2v) is 8.97. The molecule has 0 radical (unpaired) electrons. The number of benzene rings is 1. The Kier molecular flexibility index (Phi) is 5.40. The molecule has 4 heterocycles. The maximum absolute atomic E-state index is 12.6. The van der Waals surface area contributed by atoms with Crippen molar-refractivity contribution in [2.24, 2.45) is 7.05 Å². The molecule has 34 heavy (non-hydrogen) atoms. The highest BCUT2D eigenvalue weighted by Crippen LogP contribution is 2.35. The predicted octanol–water partition coefficient (Wildman–Crippen LogP) is 4.44. The molecule has 0 spiro atoms. The number of aromatic nitrogens is 3. The van der Waals surface area contributed by atoms with Crippen LogP contribution in [0.5, 0.6) is 0 Å². The van der Waals surface area contributed by atoms with Crippen LogP contribution in [0.15, 0.2) is 55.0 Å². The Morgan fingerprint density at radius 1 is 1.00 bits per heavy atom.